The molecule has 8 heteroatoms. The Hall–Kier alpha value is -3.29. The van der Waals surface area contributed by atoms with Gasteiger partial charge in [0, 0.05) is 13.1 Å². The Balaban J connectivity index is 1.78. The first kappa shape index (κ1) is 19.0. The summed E-state index contributed by atoms with van der Waals surface area (Å²) in [6, 6.07) is 13.0. The smallest absolute Gasteiger partial charge is 0.310 e. The molecule has 0 aliphatic carbocycles. The topological polar surface area (TPSA) is 91.1 Å². The van der Waals surface area contributed by atoms with Crippen molar-refractivity contribution in [2.24, 2.45) is 0 Å². The summed E-state index contributed by atoms with van der Waals surface area (Å²) >= 11 is 0. The molecule has 0 spiro atoms. The Kier molecular flexibility index (Phi) is 6.78. The second-order valence-corrected chi connectivity index (χ2v) is 5.35. The molecule has 1 amide bonds. The first-order chi connectivity index (χ1) is 12.5. The monoisotopic (exact) mass is 360 g/mol. The molecule has 0 unspecified atom stereocenters. The predicted molar refractivity (Wildman–Crippen MR) is 94.7 cm³/mol. The molecule has 2 aromatic carbocycles. The SMILES string of the molecule is COc1ccc(OCCN(C)C(=O)COc2ccccc2[N+](=O)[O-])cc1. The highest BCUT2D eigenvalue weighted by Crippen LogP contribution is 2.25. The number of ether oxygens (including phenoxy) is 3. The molecule has 2 rings (SSSR count). The van der Waals surface area contributed by atoms with E-state index in [0.29, 0.717) is 18.9 Å². The minimum atomic E-state index is -0.549. The summed E-state index contributed by atoms with van der Waals surface area (Å²) in [5.74, 6) is 1.16. The third-order valence-corrected chi connectivity index (χ3v) is 3.59. The maximum absolute atomic E-state index is 12.1. The van der Waals surface area contributed by atoms with Crippen molar-refractivity contribution in [3.8, 4) is 17.2 Å². The van der Waals surface area contributed by atoms with Gasteiger partial charge >= 0.3 is 5.69 Å². The molecule has 138 valence electrons. The van der Waals surface area contributed by atoms with Crippen molar-refractivity contribution in [2.45, 2.75) is 0 Å². The largest absolute Gasteiger partial charge is 0.497 e. The number of hydrogen-bond donors (Lipinski definition) is 0. The van der Waals surface area contributed by atoms with Crippen molar-refractivity contribution in [3.63, 3.8) is 0 Å². The Morgan fingerprint density at radius 2 is 1.73 bits per heavy atom. The molecular weight excluding hydrogens is 340 g/mol. The number of benzene rings is 2. The van der Waals surface area contributed by atoms with E-state index in [1.807, 2.05) is 0 Å². The maximum Gasteiger partial charge on any atom is 0.310 e. The van der Waals surface area contributed by atoms with E-state index in [1.54, 1.807) is 44.5 Å². The van der Waals surface area contributed by atoms with Gasteiger partial charge in [-0.2, -0.15) is 0 Å². The van der Waals surface area contributed by atoms with E-state index in [9.17, 15) is 14.9 Å². The van der Waals surface area contributed by atoms with E-state index in [0.717, 1.165) is 5.75 Å². The van der Waals surface area contributed by atoms with Gasteiger partial charge in [0.05, 0.1) is 18.6 Å². The van der Waals surface area contributed by atoms with E-state index >= 15 is 0 Å². The Morgan fingerprint density at radius 3 is 2.38 bits per heavy atom. The molecule has 0 aromatic heterocycles. The number of likely N-dealkylation sites (N-methyl/N-ethyl adjacent to an activating group) is 1. The Bertz CT molecular complexity index is 748. The number of carbonyl (C=O) groups excluding carboxylic acids is 1. The zero-order chi connectivity index (χ0) is 18.9. The molecule has 8 nitrogen and oxygen atoms in total. The quantitative estimate of drug-likeness (QED) is 0.504. The van der Waals surface area contributed by atoms with Gasteiger partial charge in [0.2, 0.25) is 0 Å². The molecule has 0 saturated heterocycles. The van der Waals surface area contributed by atoms with Crippen LogP contribution in [0.3, 0.4) is 0 Å². The molecule has 0 radical (unpaired) electrons. The Morgan fingerprint density at radius 1 is 1.08 bits per heavy atom. The third kappa shape index (κ3) is 5.37. The summed E-state index contributed by atoms with van der Waals surface area (Å²) in [4.78, 5) is 23.9. The van der Waals surface area contributed by atoms with Gasteiger partial charge in [-0.25, -0.2) is 0 Å². The average Bonchev–Trinajstić information content (AvgIpc) is 2.66. The van der Waals surface area contributed by atoms with E-state index in [2.05, 4.69) is 0 Å². The lowest BCUT2D eigenvalue weighted by Crippen LogP contribution is -2.34. The predicted octanol–water partition coefficient (Wildman–Crippen LogP) is 2.52. The summed E-state index contributed by atoms with van der Waals surface area (Å²) in [5, 5.41) is 10.9. The van der Waals surface area contributed by atoms with Crippen LogP contribution in [0.25, 0.3) is 0 Å². The van der Waals surface area contributed by atoms with Gasteiger partial charge in [0.15, 0.2) is 12.4 Å². The van der Waals surface area contributed by atoms with Gasteiger partial charge in [-0.3, -0.25) is 14.9 Å². The second-order valence-electron chi connectivity index (χ2n) is 5.35. The highest BCUT2D eigenvalue weighted by Gasteiger charge is 2.16. The summed E-state index contributed by atoms with van der Waals surface area (Å²) in [7, 11) is 3.20. The summed E-state index contributed by atoms with van der Waals surface area (Å²) in [6.07, 6.45) is 0. The normalized spacial score (nSPS) is 10.1. The van der Waals surface area contributed by atoms with Crippen LogP contribution in [-0.2, 0) is 4.79 Å². The van der Waals surface area contributed by atoms with Crippen LogP contribution in [0, 0.1) is 10.1 Å². The van der Waals surface area contributed by atoms with Crippen molar-refractivity contribution >= 4 is 11.6 Å². The molecule has 0 heterocycles. The fraction of sp³-hybridized carbons (Fsp3) is 0.278. The number of amides is 1. The molecule has 26 heavy (non-hydrogen) atoms. The van der Waals surface area contributed by atoms with Crippen LogP contribution in [0.15, 0.2) is 48.5 Å². The van der Waals surface area contributed by atoms with Crippen LogP contribution < -0.4 is 14.2 Å². The number of nitro benzene ring substituents is 1. The van der Waals surface area contributed by atoms with Crippen LogP contribution in [0.1, 0.15) is 0 Å². The van der Waals surface area contributed by atoms with Crippen molar-refractivity contribution in [2.75, 3.05) is 33.9 Å². The molecule has 2 aromatic rings. The molecule has 0 atom stereocenters. The molecule has 0 N–H and O–H groups in total. The first-order valence-electron chi connectivity index (χ1n) is 7.88. The van der Waals surface area contributed by atoms with E-state index < -0.39 is 4.92 Å². The van der Waals surface area contributed by atoms with E-state index in [-0.39, 0.29) is 24.0 Å². The van der Waals surface area contributed by atoms with Gasteiger partial charge in [-0.05, 0) is 30.3 Å². The van der Waals surface area contributed by atoms with Crippen LogP contribution >= 0.6 is 0 Å². The van der Waals surface area contributed by atoms with Crippen LogP contribution in [0.5, 0.6) is 17.2 Å². The fourth-order valence-electron chi connectivity index (χ4n) is 2.08. The third-order valence-electron chi connectivity index (χ3n) is 3.59. The molecule has 0 aliphatic rings. The standard InChI is InChI=1S/C18H20N2O6/c1-19(11-12-25-15-9-7-14(24-2)8-10-15)18(21)13-26-17-6-4-3-5-16(17)20(22)23/h3-10H,11-13H2,1-2H3. The number of nitro groups is 1. The zero-order valence-electron chi connectivity index (χ0n) is 14.6. The number of hydrogen-bond acceptors (Lipinski definition) is 6. The summed E-state index contributed by atoms with van der Waals surface area (Å²) in [6.45, 7) is 0.370. The van der Waals surface area contributed by atoms with Crippen molar-refractivity contribution in [1.82, 2.24) is 4.90 Å². The number of methoxy groups -OCH3 is 1. The van der Waals surface area contributed by atoms with Crippen molar-refractivity contribution < 1.29 is 23.9 Å². The molecular formula is C18H20N2O6. The van der Waals surface area contributed by atoms with Crippen LogP contribution in [-0.4, -0.2) is 49.6 Å². The van der Waals surface area contributed by atoms with Crippen molar-refractivity contribution in [1.29, 1.82) is 0 Å². The number of carbonyl (C=O) groups is 1. The van der Waals surface area contributed by atoms with E-state index in [4.69, 9.17) is 14.2 Å². The molecule has 0 bridgehead atoms. The van der Waals surface area contributed by atoms with Gasteiger partial charge < -0.3 is 19.1 Å². The average molecular weight is 360 g/mol. The highest BCUT2D eigenvalue weighted by molar-refractivity contribution is 5.77. The lowest BCUT2D eigenvalue weighted by Gasteiger charge is -2.17. The van der Waals surface area contributed by atoms with Gasteiger partial charge in [0.25, 0.3) is 5.91 Å². The molecule has 0 saturated carbocycles. The summed E-state index contributed by atoms with van der Waals surface area (Å²) in [5.41, 5.74) is -0.175. The number of rotatable bonds is 9. The highest BCUT2D eigenvalue weighted by atomic mass is 16.6. The lowest BCUT2D eigenvalue weighted by molar-refractivity contribution is -0.385. The number of para-hydroxylation sites is 2. The van der Waals surface area contributed by atoms with Gasteiger partial charge in [-0.1, -0.05) is 12.1 Å². The molecule has 0 fully saturated rings. The van der Waals surface area contributed by atoms with Crippen LogP contribution in [0.4, 0.5) is 5.69 Å². The Labute approximate surface area is 151 Å². The minimum Gasteiger partial charge on any atom is -0.497 e. The summed E-state index contributed by atoms with van der Waals surface area (Å²) < 4.78 is 15.9. The second kappa shape index (κ2) is 9.26. The lowest BCUT2D eigenvalue weighted by atomic mass is 10.3. The zero-order valence-corrected chi connectivity index (χ0v) is 14.6. The minimum absolute atomic E-state index is 0.0636. The van der Waals surface area contributed by atoms with Crippen LogP contribution in [0.2, 0.25) is 0 Å². The number of nitrogens with zero attached hydrogens (tertiary/aromatic N) is 2. The fourth-order valence-corrected chi connectivity index (χ4v) is 2.08. The van der Waals surface area contributed by atoms with Gasteiger partial charge in [0.1, 0.15) is 18.1 Å². The van der Waals surface area contributed by atoms with Crippen molar-refractivity contribution in [3.05, 3.63) is 58.6 Å². The van der Waals surface area contributed by atoms with Gasteiger partial charge in [-0.15, -0.1) is 0 Å². The van der Waals surface area contributed by atoms with E-state index in [1.165, 1.54) is 23.1 Å². The molecule has 0 aliphatic heterocycles. The maximum atomic E-state index is 12.1. The first-order valence-corrected chi connectivity index (χ1v) is 7.88.